The molecule has 8 atom stereocenters. The second kappa shape index (κ2) is 21.5. The monoisotopic (exact) mass is 1120 g/mol. The van der Waals surface area contributed by atoms with E-state index in [9.17, 15) is 29.4 Å². The van der Waals surface area contributed by atoms with Crippen LogP contribution in [0.25, 0.3) is 0 Å². The van der Waals surface area contributed by atoms with Gasteiger partial charge in [-0.3, -0.25) is 28.8 Å². The fourth-order valence-corrected chi connectivity index (χ4v) is 16.6. The number of amides is 2. The van der Waals surface area contributed by atoms with Crippen LogP contribution in [0.2, 0.25) is 0 Å². The van der Waals surface area contributed by atoms with Gasteiger partial charge < -0.3 is 29.5 Å². The Bertz CT molecular complexity index is 3400. The molecule has 0 aromatic heterocycles. The van der Waals surface area contributed by atoms with Gasteiger partial charge in [-0.15, -0.1) is 0 Å². The molecular weight excluding hydrogens is 1050 g/mol. The first-order valence-corrected chi connectivity index (χ1v) is 30.2. The minimum Gasteiger partial charge on any atom is -0.487 e. The van der Waals surface area contributed by atoms with Crippen LogP contribution in [0.3, 0.4) is 0 Å². The number of Topliss-reactive ketones (excluding diaryl/α,β-unsaturated/α-hetero) is 4. The SMILES string of the molecule is CCC[C@@H]1CC2=C(C13C(=O)CCCC3=O)[C@@]1(C(=O)N(Cc3ccccc3)c3ccccc31)[C@H](O)[C@@H](c1ccccc1)O2.CCC[C@H]1CC2=C(C13C(=O)CCCC3=O)[C@]1(C(=O)N(Cc3ccccc3)c3ccccc31)[C@@H](O)[C@H](c1ccccc1)O2. The van der Waals surface area contributed by atoms with Crippen LogP contribution in [0, 0.1) is 22.7 Å². The van der Waals surface area contributed by atoms with Crippen LogP contribution in [0.1, 0.15) is 136 Å². The van der Waals surface area contributed by atoms with Crippen LogP contribution >= 0.6 is 0 Å². The Hall–Kier alpha value is -8.06. The Labute approximate surface area is 490 Å². The number of anilines is 2. The van der Waals surface area contributed by atoms with E-state index in [1.54, 1.807) is 9.80 Å². The molecule has 14 rings (SSSR count). The lowest BCUT2D eigenvalue weighted by molar-refractivity contribution is -0.149. The molecule has 6 aromatic rings. The first kappa shape index (κ1) is 55.1. The summed E-state index contributed by atoms with van der Waals surface area (Å²) < 4.78 is 13.3. The number of aliphatic hydroxyl groups is 2. The number of hydrogen-bond acceptors (Lipinski definition) is 10. The minimum atomic E-state index is -1.63. The summed E-state index contributed by atoms with van der Waals surface area (Å²) in [7, 11) is 0. The number of aliphatic hydroxyl groups excluding tert-OH is 2. The lowest BCUT2D eigenvalue weighted by Gasteiger charge is -2.49. The Morgan fingerprint density at radius 1 is 0.429 bits per heavy atom. The highest BCUT2D eigenvalue weighted by Crippen LogP contribution is 2.69. The molecule has 4 spiro atoms. The summed E-state index contributed by atoms with van der Waals surface area (Å²) in [6.07, 6.45) is 1.41. The molecule has 4 aliphatic carbocycles. The third-order valence-corrected chi connectivity index (χ3v) is 19.9. The highest BCUT2D eigenvalue weighted by atomic mass is 16.5. The van der Waals surface area contributed by atoms with Crippen LogP contribution in [-0.4, -0.2) is 57.4 Å². The average molecular weight is 1120 g/mol. The number of hydrogen-bond donors (Lipinski definition) is 2. The van der Waals surface area contributed by atoms with Gasteiger partial charge in [-0.05, 0) is 83.0 Å². The first-order chi connectivity index (χ1) is 40.9. The summed E-state index contributed by atoms with van der Waals surface area (Å²) in [6, 6.07) is 53.5. The van der Waals surface area contributed by atoms with E-state index in [4.69, 9.17) is 9.47 Å². The maximum atomic E-state index is 15.2. The molecule has 0 bridgehead atoms. The fourth-order valence-electron chi connectivity index (χ4n) is 16.6. The molecular formula is C72H70N2O10. The van der Waals surface area contributed by atoms with Crippen molar-refractivity contribution in [3.63, 3.8) is 0 Å². The summed E-state index contributed by atoms with van der Waals surface area (Å²) in [6.45, 7) is 4.72. The molecule has 428 valence electrons. The summed E-state index contributed by atoms with van der Waals surface area (Å²) >= 11 is 0. The number of carbonyl (C=O) groups is 6. The van der Waals surface area contributed by atoms with Crippen molar-refractivity contribution in [2.45, 2.75) is 139 Å². The lowest BCUT2D eigenvalue weighted by atomic mass is 9.53. The summed E-state index contributed by atoms with van der Waals surface area (Å²) in [5, 5.41) is 25.2. The second-order valence-electron chi connectivity index (χ2n) is 24.2. The summed E-state index contributed by atoms with van der Waals surface area (Å²) in [5.74, 6) is -0.723. The number of fused-ring (bicyclic) bond motifs is 8. The molecule has 4 aliphatic heterocycles. The zero-order chi connectivity index (χ0) is 58.1. The molecule has 0 radical (unpaired) electrons. The number of benzene rings is 6. The number of ether oxygens (including phenoxy) is 2. The first-order valence-electron chi connectivity index (χ1n) is 30.2. The van der Waals surface area contributed by atoms with Crippen LogP contribution in [0.15, 0.2) is 193 Å². The Morgan fingerprint density at radius 3 is 1.10 bits per heavy atom. The molecule has 12 heteroatoms. The molecule has 2 fully saturated rings. The lowest BCUT2D eigenvalue weighted by Crippen LogP contribution is -2.61. The number of carbonyl (C=O) groups excluding carboxylic acids is 6. The maximum Gasteiger partial charge on any atom is 0.245 e. The second-order valence-corrected chi connectivity index (χ2v) is 24.2. The number of para-hydroxylation sites is 2. The molecule has 4 heterocycles. The van der Waals surface area contributed by atoms with Gasteiger partial charge in [0, 0.05) is 61.0 Å². The average Bonchev–Trinajstić information content (AvgIpc) is 1.50. The van der Waals surface area contributed by atoms with Gasteiger partial charge in [0.2, 0.25) is 11.8 Å². The Balaban J connectivity index is 0.000000157. The van der Waals surface area contributed by atoms with Crippen LogP contribution < -0.4 is 9.80 Å². The van der Waals surface area contributed by atoms with Gasteiger partial charge in [0.15, 0.2) is 35.3 Å². The van der Waals surface area contributed by atoms with Crippen LogP contribution in [-0.2, 0) is 62.2 Å². The topological polar surface area (TPSA) is 168 Å². The van der Waals surface area contributed by atoms with Crippen molar-refractivity contribution in [2.75, 3.05) is 9.80 Å². The van der Waals surface area contributed by atoms with Crippen LogP contribution in [0.5, 0.6) is 0 Å². The van der Waals surface area contributed by atoms with Gasteiger partial charge in [0.1, 0.15) is 33.9 Å². The number of allylic oxidation sites excluding steroid dienone is 2. The molecule has 84 heavy (non-hydrogen) atoms. The van der Waals surface area contributed by atoms with Crippen molar-refractivity contribution in [3.05, 3.63) is 226 Å². The number of nitrogens with zero attached hydrogens (tertiary/aromatic N) is 2. The zero-order valence-corrected chi connectivity index (χ0v) is 47.6. The predicted octanol–water partition coefficient (Wildman–Crippen LogP) is 12.0. The van der Waals surface area contributed by atoms with E-state index in [1.807, 2.05) is 170 Å². The molecule has 2 N–H and O–H groups in total. The molecule has 12 nitrogen and oxygen atoms in total. The van der Waals surface area contributed by atoms with Crippen LogP contribution in [0.4, 0.5) is 11.4 Å². The smallest absolute Gasteiger partial charge is 0.245 e. The highest BCUT2D eigenvalue weighted by Gasteiger charge is 2.75. The third-order valence-electron chi connectivity index (χ3n) is 19.9. The zero-order valence-electron chi connectivity index (χ0n) is 47.6. The summed E-state index contributed by atoms with van der Waals surface area (Å²) in [5.41, 5.74) is 0.652. The van der Waals surface area contributed by atoms with E-state index >= 15 is 9.59 Å². The van der Waals surface area contributed by atoms with E-state index in [0.29, 0.717) is 96.8 Å². The van der Waals surface area contributed by atoms with Crippen molar-refractivity contribution >= 4 is 46.3 Å². The molecule has 6 aromatic carbocycles. The van der Waals surface area contributed by atoms with E-state index in [-0.39, 0.29) is 72.5 Å². The molecule has 0 saturated heterocycles. The van der Waals surface area contributed by atoms with Crippen molar-refractivity contribution in [2.24, 2.45) is 22.7 Å². The molecule has 2 amide bonds. The van der Waals surface area contributed by atoms with Crippen molar-refractivity contribution in [3.8, 4) is 0 Å². The fraction of sp³-hybridized carbons (Fsp3) is 0.361. The number of ketones is 4. The van der Waals surface area contributed by atoms with E-state index in [0.717, 1.165) is 35.1 Å². The minimum absolute atomic E-state index is 0.137. The highest BCUT2D eigenvalue weighted by molar-refractivity contribution is 6.20. The van der Waals surface area contributed by atoms with Gasteiger partial charge in [0.25, 0.3) is 0 Å². The normalized spacial score (nSPS) is 27.9. The quantitative estimate of drug-likeness (QED) is 0.126. The number of rotatable bonds is 10. The van der Waals surface area contributed by atoms with E-state index in [2.05, 4.69) is 13.8 Å². The van der Waals surface area contributed by atoms with Crippen molar-refractivity contribution < 1.29 is 48.5 Å². The van der Waals surface area contributed by atoms with E-state index in [1.165, 1.54) is 0 Å². The molecule has 2 saturated carbocycles. The van der Waals surface area contributed by atoms with Gasteiger partial charge in [-0.1, -0.05) is 184 Å². The van der Waals surface area contributed by atoms with Gasteiger partial charge in [-0.2, -0.15) is 0 Å². The standard InChI is InChI=1S/2C36H35NO5/c2*1-2-12-25-21-28-32(35(25)29(38)19-11-20-30(35)39)36(33(40)31(42-28)24-15-7-4-8-16-24)26-17-9-10-18-27(26)37(34(36)41)22-23-13-5-3-6-14-23/h2*3-10,13-18,25,31,33,40H,2,11-12,19-22H2,1H3/t2*25-,31-,33-,36-/m10/s1. The van der Waals surface area contributed by atoms with Crippen molar-refractivity contribution in [1.82, 2.24) is 0 Å². The van der Waals surface area contributed by atoms with Gasteiger partial charge in [0.05, 0.1) is 24.6 Å². The largest absolute Gasteiger partial charge is 0.487 e. The van der Waals surface area contributed by atoms with Gasteiger partial charge >= 0.3 is 0 Å². The maximum absolute atomic E-state index is 15.2. The Morgan fingerprint density at radius 2 is 0.750 bits per heavy atom. The molecule has 0 unspecified atom stereocenters. The van der Waals surface area contributed by atoms with Crippen molar-refractivity contribution in [1.29, 1.82) is 0 Å². The van der Waals surface area contributed by atoms with E-state index < -0.39 is 46.1 Å². The molecule has 8 aliphatic rings. The predicted molar refractivity (Wildman–Crippen MR) is 317 cm³/mol. The van der Waals surface area contributed by atoms with Gasteiger partial charge in [-0.25, -0.2) is 0 Å². The Kier molecular flexibility index (Phi) is 14.1. The third kappa shape index (κ3) is 7.84. The summed E-state index contributed by atoms with van der Waals surface area (Å²) in [4.78, 5) is 90.9.